The van der Waals surface area contributed by atoms with Crippen molar-refractivity contribution in [2.45, 2.75) is 13.8 Å². The zero-order valence-corrected chi connectivity index (χ0v) is 12.2. The van der Waals surface area contributed by atoms with Gasteiger partial charge in [0.2, 0.25) is 5.88 Å². The van der Waals surface area contributed by atoms with E-state index in [1.54, 1.807) is 6.21 Å². The molecule has 1 aromatic carbocycles. The summed E-state index contributed by atoms with van der Waals surface area (Å²) >= 11 is 2.25. The Morgan fingerprint density at radius 3 is 2.83 bits per heavy atom. The maximum absolute atomic E-state index is 9.07. The van der Waals surface area contributed by atoms with Gasteiger partial charge in [0.25, 0.3) is 0 Å². The predicted octanol–water partition coefficient (Wildman–Crippen LogP) is 4.12. The van der Waals surface area contributed by atoms with Gasteiger partial charge < -0.3 is 4.42 Å². The summed E-state index contributed by atoms with van der Waals surface area (Å²) < 4.78 is 6.61. The molecule has 0 saturated heterocycles. The van der Waals surface area contributed by atoms with E-state index < -0.39 is 0 Å². The monoisotopic (exact) mass is 350 g/mol. The van der Waals surface area contributed by atoms with E-state index in [1.165, 1.54) is 0 Å². The van der Waals surface area contributed by atoms with Gasteiger partial charge in [0.1, 0.15) is 17.4 Å². The molecule has 0 unspecified atom stereocenters. The number of nitrogens with zero attached hydrogens (tertiary/aromatic N) is 2. The molecule has 0 bridgehead atoms. The summed E-state index contributed by atoms with van der Waals surface area (Å²) in [7, 11) is 0. The van der Waals surface area contributed by atoms with Gasteiger partial charge in [0.15, 0.2) is 0 Å². The first-order valence-electron chi connectivity index (χ1n) is 5.41. The lowest BCUT2D eigenvalue weighted by Gasteiger charge is -1.93. The van der Waals surface area contributed by atoms with Crippen LogP contribution >= 0.6 is 22.6 Å². The van der Waals surface area contributed by atoms with E-state index in [4.69, 9.17) is 9.68 Å². The van der Waals surface area contributed by atoms with Crippen molar-refractivity contribution in [1.29, 1.82) is 5.26 Å². The van der Waals surface area contributed by atoms with E-state index in [1.807, 2.05) is 38.1 Å². The average molecular weight is 350 g/mol. The van der Waals surface area contributed by atoms with Gasteiger partial charge >= 0.3 is 0 Å². The summed E-state index contributed by atoms with van der Waals surface area (Å²) in [6, 6.07) is 10.1. The number of aliphatic imine (C=N–C) groups is 1. The van der Waals surface area contributed by atoms with E-state index in [0.29, 0.717) is 11.4 Å². The number of hydrogen-bond acceptors (Lipinski definition) is 3. The molecule has 1 aromatic heterocycles. The van der Waals surface area contributed by atoms with Gasteiger partial charge in [-0.3, -0.25) is 0 Å². The Bertz CT molecular complexity index is 650. The van der Waals surface area contributed by atoms with E-state index in [9.17, 15) is 0 Å². The molecule has 3 nitrogen and oxygen atoms in total. The largest absolute Gasteiger partial charge is 0.442 e. The highest BCUT2D eigenvalue weighted by atomic mass is 127. The number of halogens is 1. The van der Waals surface area contributed by atoms with Crippen molar-refractivity contribution in [3.63, 3.8) is 0 Å². The zero-order chi connectivity index (χ0) is 13.1. The summed E-state index contributed by atoms with van der Waals surface area (Å²) in [5, 5.41) is 9.07. The maximum atomic E-state index is 9.07. The summed E-state index contributed by atoms with van der Waals surface area (Å²) in [4.78, 5) is 4.25. The molecule has 2 rings (SSSR count). The molecular formula is C14H11IN2O. The molecule has 0 aliphatic carbocycles. The minimum absolute atomic E-state index is 0.381. The Morgan fingerprint density at radius 1 is 1.39 bits per heavy atom. The fraction of sp³-hybridized carbons (Fsp3) is 0.143. The van der Waals surface area contributed by atoms with Crippen molar-refractivity contribution in [1.82, 2.24) is 0 Å². The van der Waals surface area contributed by atoms with Crippen LogP contribution in [0, 0.1) is 28.7 Å². The first-order valence-corrected chi connectivity index (χ1v) is 6.49. The van der Waals surface area contributed by atoms with Crippen LogP contribution in [0.1, 0.15) is 22.5 Å². The van der Waals surface area contributed by atoms with Crippen molar-refractivity contribution in [2.24, 2.45) is 4.99 Å². The highest BCUT2D eigenvalue weighted by molar-refractivity contribution is 14.1. The van der Waals surface area contributed by atoms with E-state index in [-0.39, 0.29) is 0 Å². The Hall–Kier alpha value is -1.61. The van der Waals surface area contributed by atoms with Gasteiger partial charge in [-0.05, 0) is 54.1 Å². The summed E-state index contributed by atoms with van der Waals surface area (Å²) in [6.07, 6.45) is 1.71. The minimum Gasteiger partial charge on any atom is -0.442 e. The molecule has 0 amide bonds. The van der Waals surface area contributed by atoms with Crippen LogP contribution in [0.3, 0.4) is 0 Å². The molecule has 0 aliphatic rings. The Morgan fingerprint density at radius 2 is 2.17 bits per heavy atom. The molecule has 4 heteroatoms. The topological polar surface area (TPSA) is 49.3 Å². The first kappa shape index (κ1) is 12.8. The van der Waals surface area contributed by atoms with Gasteiger partial charge in [0.05, 0.1) is 0 Å². The third-order valence-electron chi connectivity index (χ3n) is 2.66. The SMILES string of the molecule is Cc1oc(N=Cc2cccc(I)c2)c(C#N)c1C. The normalized spacial score (nSPS) is 10.8. The predicted molar refractivity (Wildman–Crippen MR) is 79.3 cm³/mol. The quantitative estimate of drug-likeness (QED) is 0.604. The number of aryl methyl sites for hydroxylation is 1. The van der Waals surface area contributed by atoms with Crippen LogP contribution in [0.5, 0.6) is 0 Å². The van der Waals surface area contributed by atoms with Crippen LogP contribution in [-0.4, -0.2) is 6.21 Å². The Labute approximate surface area is 119 Å². The highest BCUT2D eigenvalue weighted by Crippen LogP contribution is 2.27. The standard InChI is InChI=1S/C14H11IN2O/c1-9-10(2)18-14(13(9)7-16)17-8-11-4-3-5-12(15)6-11/h3-6,8H,1-2H3. The second-order valence-corrected chi connectivity index (χ2v) is 5.13. The third kappa shape index (κ3) is 2.62. The third-order valence-corrected chi connectivity index (χ3v) is 3.33. The summed E-state index contributed by atoms with van der Waals surface area (Å²) in [5.41, 5.74) is 2.35. The lowest BCUT2D eigenvalue weighted by atomic mass is 10.2. The second kappa shape index (κ2) is 5.36. The van der Waals surface area contributed by atoms with Crippen molar-refractivity contribution in [3.05, 3.63) is 50.3 Å². The molecular weight excluding hydrogens is 339 g/mol. The molecule has 0 atom stereocenters. The molecule has 18 heavy (non-hydrogen) atoms. The molecule has 1 heterocycles. The minimum atomic E-state index is 0.381. The molecule has 0 aliphatic heterocycles. The van der Waals surface area contributed by atoms with E-state index in [2.05, 4.69) is 33.7 Å². The highest BCUT2D eigenvalue weighted by Gasteiger charge is 2.12. The fourth-order valence-corrected chi connectivity index (χ4v) is 2.12. The average Bonchev–Trinajstić information content (AvgIpc) is 2.62. The number of nitriles is 1. The molecule has 0 N–H and O–H groups in total. The van der Waals surface area contributed by atoms with Crippen molar-refractivity contribution in [3.8, 4) is 6.07 Å². The molecule has 0 saturated carbocycles. The smallest absolute Gasteiger partial charge is 0.237 e. The Kier molecular flexibility index (Phi) is 3.82. The van der Waals surface area contributed by atoms with E-state index in [0.717, 1.165) is 20.5 Å². The molecule has 2 aromatic rings. The summed E-state index contributed by atoms with van der Waals surface area (Å²) in [5.74, 6) is 1.12. The number of hydrogen-bond donors (Lipinski definition) is 0. The van der Waals surface area contributed by atoms with Crippen molar-refractivity contribution < 1.29 is 4.42 Å². The van der Waals surface area contributed by atoms with Gasteiger partial charge in [0, 0.05) is 15.3 Å². The number of rotatable bonds is 2. The van der Waals surface area contributed by atoms with Gasteiger partial charge in [-0.1, -0.05) is 12.1 Å². The van der Waals surface area contributed by atoms with Crippen LogP contribution in [0.25, 0.3) is 0 Å². The molecule has 0 spiro atoms. The van der Waals surface area contributed by atoms with Crippen LogP contribution < -0.4 is 0 Å². The number of benzene rings is 1. The Balaban J connectivity index is 2.35. The fourth-order valence-electron chi connectivity index (χ4n) is 1.55. The lowest BCUT2D eigenvalue weighted by molar-refractivity contribution is 0.542. The van der Waals surface area contributed by atoms with Crippen LogP contribution in [0.2, 0.25) is 0 Å². The van der Waals surface area contributed by atoms with Crippen LogP contribution in [0.4, 0.5) is 5.88 Å². The van der Waals surface area contributed by atoms with Crippen LogP contribution in [0.15, 0.2) is 33.7 Å². The molecule has 0 fully saturated rings. The number of furan rings is 1. The van der Waals surface area contributed by atoms with Crippen molar-refractivity contribution in [2.75, 3.05) is 0 Å². The lowest BCUT2D eigenvalue weighted by Crippen LogP contribution is -1.81. The van der Waals surface area contributed by atoms with Crippen molar-refractivity contribution >= 4 is 34.7 Å². The maximum Gasteiger partial charge on any atom is 0.237 e. The molecule has 90 valence electrons. The zero-order valence-electron chi connectivity index (χ0n) is 10.1. The van der Waals surface area contributed by atoms with Crippen LogP contribution in [-0.2, 0) is 0 Å². The first-order chi connectivity index (χ1) is 8.61. The second-order valence-electron chi connectivity index (χ2n) is 3.89. The molecule has 0 radical (unpaired) electrons. The summed E-state index contributed by atoms with van der Waals surface area (Å²) in [6.45, 7) is 3.70. The van der Waals surface area contributed by atoms with Gasteiger partial charge in [-0.15, -0.1) is 0 Å². The van der Waals surface area contributed by atoms with E-state index >= 15 is 0 Å². The van der Waals surface area contributed by atoms with Gasteiger partial charge in [-0.2, -0.15) is 5.26 Å². The van der Waals surface area contributed by atoms with Gasteiger partial charge in [-0.25, -0.2) is 4.99 Å².